The second-order valence-electron chi connectivity index (χ2n) is 3.03. The van der Waals surface area contributed by atoms with Gasteiger partial charge in [-0.15, -0.1) is 0 Å². The molecule has 1 spiro atoms. The topological polar surface area (TPSA) is 34.1 Å². The van der Waals surface area contributed by atoms with E-state index >= 15 is 0 Å². The van der Waals surface area contributed by atoms with E-state index in [1.54, 1.807) is 0 Å². The first kappa shape index (κ1) is 5.98. The largest absolute Gasteiger partial charge is 0.236 e. The first-order valence-electron chi connectivity index (χ1n) is 2.98. The van der Waals surface area contributed by atoms with E-state index in [9.17, 15) is 8.42 Å². The predicted octanol–water partition coefficient (Wildman–Crippen LogP) is 1.11. The molecule has 0 radical (unpaired) electrons. The van der Waals surface area contributed by atoms with Crippen molar-refractivity contribution in [2.24, 2.45) is 5.41 Å². The Hall–Kier alpha value is 0.240. The third-order valence-electron chi connectivity index (χ3n) is 2.35. The van der Waals surface area contributed by atoms with Crippen LogP contribution in [0.15, 0.2) is 0 Å². The summed E-state index contributed by atoms with van der Waals surface area (Å²) in [6.45, 7) is 0. The summed E-state index contributed by atoms with van der Waals surface area (Å²) in [7, 11) is 1.92. The molecule has 4 heteroatoms. The summed E-state index contributed by atoms with van der Waals surface area (Å²) in [6.07, 6.45) is 2.96. The fourth-order valence-electron chi connectivity index (χ4n) is 1.40. The minimum absolute atomic E-state index is 0.181. The molecular weight excluding hydrogens is 160 g/mol. The molecule has 0 amide bonds. The van der Waals surface area contributed by atoms with Gasteiger partial charge in [0.15, 0.2) is 0 Å². The Bertz CT molecular complexity index is 240. The van der Waals surface area contributed by atoms with Crippen LogP contribution in [0.4, 0.5) is 0 Å². The maximum Gasteiger partial charge on any atom is 0.236 e. The van der Waals surface area contributed by atoms with Crippen molar-refractivity contribution in [1.82, 2.24) is 0 Å². The Balaban J connectivity index is 2.21. The van der Waals surface area contributed by atoms with E-state index in [-0.39, 0.29) is 10.7 Å². The number of hydrogen-bond acceptors (Lipinski definition) is 2. The van der Waals surface area contributed by atoms with Crippen molar-refractivity contribution >= 4 is 19.7 Å². The summed E-state index contributed by atoms with van der Waals surface area (Å²) in [6, 6.07) is 0. The van der Waals surface area contributed by atoms with E-state index in [0.717, 1.165) is 19.3 Å². The SMILES string of the molecule is O=S(=O)(Cl)C1CC12CC2. The van der Waals surface area contributed by atoms with Crippen molar-refractivity contribution in [3.63, 3.8) is 0 Å². The summed E-state index contributed by atoms with van der Waals surface area (Å²) in [4.78, 5) is 0. The molecule has 0 saturated heterocycles. The van der Waals surface area contributed by atoms with E-state index in [1.165, 1.54) is 0 Å². The average molecular weight is 167 g/mol. The molecule has 2 fully saturated rings. The predicted molar refractivity (Wildman–Crippen MR) is 34.8 cm³/mol. The molecule has 2 rings (SSSR count). The highest BCUT2D eigenvalue weighted by molar-refractivity contribution is 8.14. The molecule has 0 N–H and O–H groups in total. The zero-order chi connectivity index (χ0) is 6.70. The van der Waals surface area contributed by atoms with Gasteiger partial charge in [0.05, 0.1) is 5.25 Å². The molecule has 9 heavy (non-hydrogen) atoms. The molecule has 0 bridgehead atoms. The minimum atomic E-state index is -3.20. The van der Waals surface area contributed by atoms with Gasteiger partial charge < -0.3 is 0 Å². The molecule has 2 nitrogen and oxygen atoms in total. The molecule has 1 unspecified atom stereocenters. The van der Waals surface area contributed by atoms with Crippen LogP contribution in [0.2, 0.25) is 0 Å². The molecule has 2 aliphatic rings. The molecule has 0 aliphatic heterocycles. The van der Waals surface area contributed by atoms with Crippen molar-refractivity contribution in [2.45, 2.75) is 24.5 Å². The van der Waals surface area contributed by atoms with Gasteiger partial charge in [0.25, 0.3) is 0 Å². The first-order valence-corrected chi connectivity index (χ1v) is 5.35. The summed E-state index contributed by atoms with van der Waals surface area (Å²) >= 11 is 0. The second kappa shape index (κ2) is 1.30. The van der Waals surface area contributed by atoms with Crippen LogP contribution >= 0.6 is 10.7 Å². The molecule has 0 aromatic rings. The molecule has 1 atom stereocenters. The van der Waals surface area contributed by atoms with Crippen LogP contribution in [-0.4, -0.2) is 13.7 Å². The lowest BCUT2D eigenvalue weighted by atomic mass is 10.4. The Kier molecular flexibility index (Phi) is 0.863. The first-order chi connectivity index (χ1) is 4.05. The van der Waals surface area contributed by atoms with E-state index in [2.05, 4.69) is 0 Å². The summed E-state index contributed by atoms with van der Waals surface area (Å²) in [5.74, 6) is 0. The maximum atomic E-state index is 10.6. The summed E-state index contributed by atoms with van der Waals surface area (Å²) in [5.41, 5.74) is 0.181. The Morgan fingerprint density at radius 1 is 1.44 bits per heavy atom. The quantitative estimate of drug-likeness (QED) is 0.547. The third-order valence-corrected chi connectivity index (χ3v) is 4.34. The standard InChI is InChI=1S/C5H7ClO2S/c6-9(7,8)4-3-5(4)1-2-5/h4H,1-3H2. The molecular formula is C5H7ClO2S. The number of hydrogen-bond donors (Lipinski definition) is 0. The Morgan fingerprint density at radius 2 is 2.00 bits per heavy atom. The van der Waals surface area contributed by atoms with Gasteiger partial charge in [-0.1, -0.05) is 0 Å². The van der Waals surface area contributed by atoms with Gasteiger partial charge >= 0.3 is 0 Å². The second-order valence-corrected chi connectivity index (χ2v) is 5.84. The smallest absolute Gasteiger partial charge is 0.212 e. The summed E-state index contributed by atoms with van der Waals surface area (Å²) in [5, 5.41) is -0.188. The molecule has 0 aromatic carbocycles. The molecule has 2 aliphatic carbocycles. The van der Waals surface area contributed by atoms with Crippen molar-refractivity contribution in [3.8, 4) is 0 Å². The fraction of sp³-hybridized carbons (Fsp3) is 1.00. The van der Waals surface area contributed by atoms with Crippen LogP contribution in [0.3, 0.4) is 0 Å². The lowest BCUT2D eigenvalue weighted by Crippen LogP contribution is -1.99. The van der Waals surface area contributed by atoms with Gasteiger partial charge in [0, 0.05) is 10.7 Å². The van der Waals surface area contributed by atoms with Crippen LogP contribution < -0.4 is 0 Å². The van der Waals surface area contributed by atoms with Crippen LogP contribution in [0.25, 0.3) is 0 Å². The lowest BCUT2D eigenvalue weighted by molar-refractivity contribution is 0.605. The van der Waals surface area contributed by atoms with Gasteiger partial charge in [-0.3, -0.25) is 0 Å². The Morgan fingerprint density at radius 3 is 2.11 bits per heavy atom. The van der Waals surface area contributed by atoms with Crippen LogP contribution in [0.5, 0.6) is 0 Å². The van der Waals surface area contributed by atoms with Crippen LogP contribution in [-0.2, 0) is 9.05 Å². The summed E-state index contributed by atoms with van der Waals surface area (Å²) < 4.78 is 21.2. The lowest BCUT2D eigenvalue weighted by Gasteiger charge is -1.86. The van der Waals surface area contributed by atoms with Gasteiger partial charge in [-0.05, 0) is 24.7 Å². The molecule has 52 valence electrons. The van der Waals surface area contributed by atoms with Gasteiger partial charge in [0.2, 0.25) is 9.05 Å². The van der Waals surface area contributed by atoms with E-state index in [0.29, 0.717) is 0 Å². The highest BCUT2D eigenvalue weighted by Crippen LogP contribution is 2.69. The zero-order valence-corrected chi connectivity index (χ0v) is 6.37. The van der Waals surface area contributed by atoms with Crippen molar-refractivity contribution < 1.29 is 8.42 Å². The van der Waals surface area contributed by atoms with Gasteiger partial charge in [0.1, 0.15) is 0 Å². The van der Waals surface area contributed by atoms with Crippen molar-refractivity contribution in [3.05, 3.63) is 0 Å². The van der Waals surface area contributed by atoms with Gasteiger partial charge in [-0.25, -0.2) is 8.42 Å². The van der Waals surface area contributed by atoms with E-state index in [1.807, 2.05) is 0 Å². The average Bonchev–Trinajstić information content (AvgIpc) is 2.46. The third kappa shape index (κ3) is 0.783. The Labute approximate surface area is 58.6 Å². The fourth-order valence-corrected chi connectivity index (χ4v) is 3.51. The van der Waals surface area contributed by atoms with Gasteiger partial charge in [-0.2, -0.15) is 0 Å². The normalized spacial score (nSPS) is 36.8. The number of halogens is 1. The van der Waals surface area contributed by atoms with E-state index in [4.69, 9.17) is 10.7 Å². The molecule has 2 saturated carbocycles. The highest BCUT2D eigenvalue weighted by Gasteiger charge is 2.68. The van der Waals surface area contributed by atoms with E-state index < -0.39 is 9.05 Å². The van der Waals surface area contributed by atoms with Crippen LogP contribution in [0, 0.1) is 5.41 Å². The number of rotatable bonds is 1. The minimum Gasteiger partial charge on any atom is -0.212 e. The van der Waals surface area contributed by atoms with Crippen molar-refractivity contribution in [2.75, 3.05) is 0 Å². The highest BCUT2D eigenvalue weighted by atomic mass is 35.7. The monoisotopic (exact) mass is 166 g/mol. The molecule has 0 aromatic heterocycles. The zero-order valence-electron chi connectivity index (χ0n) is 4.80. The molecule has 0 heterocycles. The van der Waals surface area contributed by atoms with Crippen molar-refractivity contribution in [1.29, 1.82) is 0 Å². The maximum absolute atomic E-state index is 10.6. The van der Waals surface area contributed by atoms with Crippen LogP contribution in [0.1, 0.15) is 19.3 Å².